The molecule has 4 rings (SSSR count). The number of benzene rings is 3. The van der Waals surface area contributed by atoms with Crippen molar-refractivity contribution in [2.45, 2.75) is 26.2 Å². The average molecular weight is 483 g/mol. The van der Waals surface area contributed by atoms with Gasteiger partial charge in [0.2, 0.25) is 0 Å². The number of hydrogen-bond acceptors (Lipinski definition) is 4. The van der Waals surface area contributed by atoms with Crippen LogP contribution in [0.15, 0.2) is 54.6 Å². The predicted molar refractivity (Wildman–Crippen MR) is 133 cm³/mol. The van der Waals surface area contributed by atoms with Gasteiger partial charge in [-0.2, -0.15) is 0 Å². The summed E-state index contributed by atoms with van der Waals surface area (Å²) in [6, 6.07) is 16.7. The Hall–Kier alpha value is -3.02. The Morgan fingerprint density at radius 1 is 1.03 bits per heavy atom. The van der Waals surface area contributed by atoms with Gasteiger partial charge in [-0.05, 0) is 67.8 Å². The third kappa shape index (κ3) is 5.15. The van der Waals surface area contributed by atoms with E-state index in [0.29, 0.717) is 45.8 Å². The number of ketones is 1. The highest BCUT2D eigenvalue weighted by Crippen LogP contribution is 2.34. The maximum Gasteiger partial charge on any atom is 0.162 e. The number of carbonyl (C=O) groups excluding carboxylic acids is 1. The van der Waals surface area contributed by atoms with E-state index in [2.05, 4.69) is 9.97 Å². The normalized spacial score (nSPS) is 11.0. The molecule has 1 aromatic heterocycles. The second-order valence-electron chi connectivity index (χ2n) is 7.61. The number of H-pyrrole nitrogens is 1. The summed E-state index contributed by atoms with van der Waals surface area (Å²) in [5, 5.41) is 1.03. The third-order valence-electron chi connectivity index (χ3n) is 5.40. The number of aryl methyl sites for hydroxylation is 1. The first-order valence-electron chi connectivity index (χ1n) is 10.8. The smallest absolute Gasteiger partial charge is 0.162 e. The van der Waals surface area contributed by atoms with Gasteiger partial charge < -0.3 is 14.5 Å². The van der Waals surface area contributed by atoms with Crippen LogP contribution in [0.25, 0.3) is 22.4 Å². The Balaban J connectivity index is 1.44. The Labute approximate surface area is 202 Å². The van der Waals surface area contributed by atoms with Crippen molar-refractivity contribution in [1.29, 1.82) is 0 Å². The van der Waals surface area contributed by atoms with Gasteiger partial charge in [0.05, 0.1) is 40.4 Å². The van der Waals surface area contributed by atoms with Crippen LogP contribution in [0.1, 0.15) is 35.7 Å². The van der Waals surface area contributed by atoms with E-state index in [1.165, 1.54) is 0 Å². The Morgan fingerprint density at radius 2 is 1.82 bits per heavy atom. The van der Waals surface area contributed by atoms with E-state index in [9.17, 15) is 4.79 Å². The van der Waals surface area contributed by atoms with E-state index in [1.54, 1.807) is 25.3 Å². The van der Waals surface area contributed by atoms with Crippen LogP contribution in [0.4, 0.5) is 0 Å². The number of methoxy groups -OCH3 is 1. The van der Waals surface area contributed by atoms with Crippen molar-refractivity contribution in [1.82, 2.24) is 9.97 Å². The van der Waals surface area contributed by atoms with Crippen LogP contribution >= 0.6 is 23.2 Å². The van der Waals surface area contributed by atoms with Gasteiger partial charge in [-0.15, -0.1) is 0 Å². The lowest BCUT2D eigenvalue weighted by Crippen LogP contribution is -2.00. The fraction of sp³-hybridized carbons (Fsp3) is 0.231. The van der Waals surface area contributed by atoms with E-state index >= 15 is 0 Å². The molecule has 0 saturated carbocycles. The number of aromatic nitrogens is 2. The summed E-state index contributed by atoms with van der Waals surface area (Å²) >= 11 is 12.6. The number of fused-ring (bicyclic) bond motifs is 1. The van der Waals surface area contributed by atoms with Gasteiger partial charge in [-0.1, -0.05) is 35.3 Å². The molecular weight excluding hydrogens is 459 g/mol. The summed E-state index contributed by atoms with van der Waals surface area (Å²) in [6.45, 7) is 2.52. The molecule has 33 heavy (non-hydrogen) atoms. The molecule has 1 N–H and O–H groups in total. The predicted octanol–water partition coefficient (Wildman–Crippen LogP) is 7.15. The first kappa shape index (κ1) is 23.1. The molecule has 4 aromatic rings. The molecule has 5 nitrogen and oxygen atoms in total. The molecule has 0 amide bonds. The first-order chi connectivity index (χ1) is 16.0. The summed E-state index contributed by atoms with van der Waals surface area (Å²) < 4.78 is 11.0. The van der Waals surface area contributed by atoms with Gasteiger partial charge in [-0.25, -0.2) is 4.98 Å². The second kappa shape index (κ2) is 10.3. The van der Waals surface area contributed by atoms with Crippen molar-refractivity contribution in [2.24, 2.45) is 0 Å². The van der Waals surface area contributed by atoms with Crippen molar-refractivity contribution in [3.8, 4) is 22.9 Å². The molecule has 0 bridgehead atoms. The minimum absolute atomic E-state index is 0.0849. The lowest BCUT2D eigenvalue weighted by Gasteiger charge is -2.11. The molecular formula is C26H24Cl2N2O3. The molecule has 0 aliphatic heterocycles. The van der Waals surface area contributed by atoms with E-state index < -0.39 is 0 Å². The number of halogens is 2. The number of imidazole rings is 1. The molecule has 1 heterocycles. The number of aromatic amines is 1. The molecule has 0 aliphatic carbocycles. The largest absolute Gasteiger partial charge is 0.493 e. The molecule has 0 radical (unpaired) electrons. The molecule has 170 valence electrons. The van der Waals surface area contributed by atoms with Gasteiger partial charge in [-0.3, -0.25) is 4.79 Å². The van der Waals surface area contributed by atoms with Crippen LogP contribution in [-0.2, 0) is 6.42 Å². The number of carbonyl (C=O) groups is 1. The van der Waals surface area contributed by atoms with E-state index in [4.69, 9.17) is 32.7 Å². The first-order valence-corrected chi connectivity index (χ1v) is 11.5. The van der Waals surface area contributed by atoms with Gasteiger partial charge >= 0.3 is 0 Å². The zero-order chi connectivity index (χ0) is 23.4. The standard InChI is InChI=1S/C26H24Cl2N2O3/c1-3-33-23-13-10-16(14-24(23)32-2)6-4-9-22(31)17-11-12-20-21(15-17)30-26(29-20)25-18(27)7-5-8-19(25)28/h5,7-8,10-15H,3-4,6,9H2,1-2H3,(H,29,30). The zero-order valence-corrected chi connectivity index (χ0v) is 20.0. The molecule has 0 unspecified atom stereocenters. The minimum Gasteiger partial charge on any atom is -0.493 e. The fourth-order valence-electron chi connectivity index (χ4n) is 3.77. The zero-order valence-electron chi connectivity index (χ0n) is 18.5. The highest BCUT2D eigenvalue weighted by atomic mass is 35.5. The molecule has 0 aliphatic rings. The molecule has 3 aromatic carbocycles. The van der Waals surface area contributed by atoms with Crippen LogP contribution in [0.5, 0.6) is 11.5 Å². The monoisotopic (exact) mass is 482 g/mol. The van der Waals surface area contributed by atoms with Crippen LogP contribution in [0, 0.1) is 0 Å². The van der Waals surface area contributed by atoms with E-state index in [0.717, 1.165) is 35.2 Å². The van der Waals surface area contributed by atoms with Gasteiger partial charge in [0.25, 0.3) is 0 Å². The number of rotatable bonds is 9. The summed E-state index contributed by atoms with van der Waals surface area (Å²) in [6.07, 6.45) is 1.95. The molecule has 0 fully saturated rings. The molecule has 0 saturated heterocycles. The highest BCUT2D eigenvalue weighted by Gasteiger charge is 2.14. The molecule has 0 atom stereocenters. The SMILES string of the molecule is CCOc1ccc(CCCC(=O)c2ccc3nc(-c4c(Cl)cccc4Cl)[nH]c3c2)cc1OC. The van der Waals surface area contributed by atoms with E-state index in [1.807, 2.05) is 43.3 Å². The van der Waals surface area contributed by atoms with E-state index in [-0.39, 0.29) is 5.78 Å². The highest BCUT2D eigenvalue weighted by molar-refractivity contribution is 6.39. The van der Waals surface area contributed by atoms with Crippen LogP contribution in [-0.4, -0.2) is 29.5 Å². The summed E-state index contributed by atoms with van der Waals surface area (Å²) in [5.41, 5.74) is 3.92. The van der Waals surface area contributed by atoms with Crippen molar-refractivity contribution >= 4 is 40.0 Å². The third-order valence-corrected chi connectivity index (χ3v) is 6.03. The fourth-order valence-corrected chi connectivity index (χ4v) is 4.34. The summed E-state index contributed by atoms with van der Waals surface area (Å²) in [4.78, 5) is 20.6. The van der Waals surface area contributed by atoms with Crippen molar-refractivity contribution in [2.75, 3.05) is 13.7 Å². The van der Waals surface area contributed by atoms with Gasteiger partial charge in [0, 0.05) is 12.0 Å². The van der Waals surface area contributed by atoms with Crippen molar-refractivity contribution < 1.29 is 14.3 Å². The summed E-state index contributed by atoms with van der Waals surface area (Å²) in [5.74, 6) is 2.10. The average Bonchev–Trinajstić information content (AvgIpc) is 3.22. The lowest BCUT2D eigenvalue weighted by atomic mass is 10.0. The summed E-state index contributed by atoms with van der Waals surface area (Å²) in [7, 11) is 1.63. The second-order valence-corrected chi connectivity index (χ2v) is 8.42. The van der Waals surface area contributed by atoms with Crippen LogP contribution < -0.4 is 9.47 Å². The number of nitrogens with zero attached hydrogens (tertiary/aromatic N) is 1. The lowest BCUT2D eigenvalue weighted by molar-refractivity contribution is 0.0980. The molecule has 7 heteroatoms. The minimum atomic E-state index is 0.0849. The maximum atomic E-state index is 12.8. The topological polar surface area (TPSA) is 64.2 Å². The number of hydrogen-bond donors (Lipinski definition) is 1. The number of ether oxygens (including phenoxy) is 2. The quantitative estimate of drug-likeness (QED) is 0.257. The Bertz CT molecular complexity index is 1280. The van der Waals surface area contributed by atoms with Gasteiger partial charge in [0.15, 0.2) is 17.3 Å². The van der Waals surface area contributed by atoms with Gasteiger partial charge in [0.1, 0.15) is 5.82 Å². The van der Waals surface area contributed by atoms with Crippen molar-refractivity contribution in [3.63, 3.8) is 0 Å². The van der Waals surface area contributed by atoms with Crippen molar-refractivity contribution in [3.05, 3.63) is 75.8 Å². The van der Waals surface area contributed by atoms with Crippen LogP contribution in [0.2, 0.25) is 10.0 Å². The number of Topliss-reactive ketones (excluding diaryl/α,β-unsaturated/α-hetero) is 1. The van der Waals surface area contributed by atoms with Crippen LogP contribution in [0.3, 0.4) is 0 Å². The molecule has 0 spiro atoms. The Kier molecular flexibility index (Phi) is 7.21. The number of nitrogens with one attached hydrogen (secondary N) is 1. The Morgan fingerprint density at radius 3 is 2.55 bits per heavy atom. The maximum absolute atomic E-state index is 12.8.